The monoisotopic (exact) mass is 480 g/mol. The minimum atomic E-state index is -0.309. The summed E-state index contributed by atoms with van der Waals surface area (Å²) in [6, 6.07) is 6.09. The Labute approximate surface area is 207 Å². The normalized spacial score (nSPS) is 26.5. The second-order valence-corrected chi connectivity index (χ2v) is 10.4. The molecular weight excluding hydrogens is 444 g/mol. The summed E-state index contributed by atoms with van der Waals surface area (Å²) in [7, 11) is 0. The molecule has 0 heterocycles. The van der Waals surface area contributed by atoms with E-state index in [4.69, 9.17) is 14.2 Å². The Kier molecular flexibility index (Phi) is 7.48. The summed E-state index contributed by atoms with van der Waals surface area (Å²) < 4.78 is 16.1. The minimum absolute atomic E-state index is 0.231. The maximum absolute atomic E-state index is 11.8. The van der Waals surface area contributed by atoms with E-state index in [0.29, 0.717) is 30.1 Å². The maximum Gasteiger partial charge on any atom is 0.308 e. The highest BCUT2D eigenvalue weighted by molar-refractivity contribution is 5.69. The van der Waals surface area contributed by atoms with Crippen molar-refractivity contribution in [2.45, 2.75) is 78.6 Å². The topological polar surface area (TPSA) is 78.9 Å². The number of unbranched alkanes of at least 4 members (excludes halogenated alkanes) is 2. The molecular formula is C29H36O6. The van der Waals surface area contributed by atoms with E-state index in [2.05, 4.69) is 19.1 Å². The molecule has 1 aromatic carbocycles. The summed E-state index contributed by atoms with van der Waals surface area (Å²) in [5.41, 5.74) is 3.76. The third kappa shape index (κ3) is 5.36. The van der Waals surface area contributed by atoms with Crippen LogP contribution in [0.2, 0.25) is 0 Å². The molecule has 0 bridgehead atoms. The Morgan fingerprint density at radius 1 is 0.971 bits per heavy atom. The first-order valence-corrected chi connectivity index (χ1v) is 12.7. The fraction of sp³-hybridized carbons (Fsp3) is 0.552. The lowest BCUT2D eigenvalue weighted by Gasteiger charge is -2.50. The van der Waals surface area contributed by atoms with Crippen molar-refractivity contribution in [3.63, 3.8) is 0 Å². The van der Waals surface area contributed by atoms with Crippen LogP contribution in [0.3, 0.4) is 0 Å². The number of benzene rings is 1. The van der Waals surface area contributed by atoms with Gasteiger partial charge >= 0.3 is 17.9 Å². The third-order valence-corrected chi connectivity index (χ3v) is 7.89. The minimum Gasteiger partial charge on any atom is -0.466 e. The molecule has 6 heteroatoms. The van der Waals surface area contributed by atoms with Crippen LogP contribution in [0.25, 0.3) is 0 Å². The Balaban J connectivity index is 1.57. The molecule has 4 atom stereocenters. The molecule has 3 aliphatic carbocycles. The molecule has 0 spiro atoms. The zero-order valence-electron chi connectivity index (χ0n) is 21.2. The molecule has 0 saturated heterocycles. The van der Waals surface area contributed by atoms with Gasteiger partial charge in [-0.3, -0.25) is 14.4 Å². The summed E-state index contributed by atoms with van der Waals surface area (Å²) in [5, 5.41) is 0. The van der Waals surface area contributed by atoms with Crippen LogP contribution in [0, 0.1) is 17.3 Å². The highest BCUT2D eigenvalue weighted by Gasteiger charge is 2.51. The smallest absolute Gasteiger partial charge is 0.308 e. The van der Waals surface area contributed by atoms with E-state index in [1.807, 2.05) is 18.2 Å². The van der Waals surface area contributed by atoms with E-state index in [9.17, 15) is 14.4 Å². The first-order chi connectivity index (χ1) is 16.7. The van der Waals surface area contributed by atoms with E-state index in [1.54, 1.807) is 0 Å². The molecule has 0 aromatic heterocycles. The highest BCUT2D eigenvalue weighted by atomic mass is 16.5. The number of hydrogen-bond acceptors (Lipinski definition) is 6. The molecule has 1 fully saturated rings. The summed E-state index contributed by atoms with van der Waals surface area (Å²) >= 11 is 0. The number of carbonyl (C=O) groups excluding carboxylic acids is 3. The molecule has 4 rings (SSSR count). The van der Waals surface area contributed by atoms with Gasteiger partial charge in [-0.1, -0.05) is 30.6 Å². The average molecular weight is 481 g/mol. The van der Waals surface area contributed by atoms with Gasteiger partial charge < -0.3 is 14.2 Å². The molecule has 35 heavy (non-hydrogen) atoms. The maximum atomic E-state index is 11.8. The standard InChI is InChI=1S/C29H36O6/c1-18(30)33-15-7-5-6-8-21-16-22-17-23(34-19(2)31)9-10-24(22)25-13-14-29(4)26(28(21)25)11-12-27(29)35-20(3)32/h9-12,17,21,25,28H,5-8,13-16H2,1-4H3/t21-,25-,28-,29+/m1/s1. The van der Waals surface area contributed by atoms with Crippen molar-refractivity contribution in [3.05, 3.63) is 52.8 Å². The van der Waals surface area contributed by atoms with Crippen molar-refractivity contribution in [1.82, 2.24) is 0 Å². The van der Waals surface area contributed by atoms with E-state index in [0.717, 1.165) is 50.7 Å². The highest BCUT2D eigenvalue weighted by Crippen LogP contribution is 2.61. The molecule has 6 nitrogen and oxygen atoms in total. The Hall–Kier alpha value is -2.89. The zero-order chi connectivity index (χ0) is 25.2. The van der Waals surface area contributed by atoms with Gasteiger partial charge in [-0.15, -0.1) is 0 Å². The number of fused-ring (bicyclic) bond motifs is 5. The predicted octanol–water partition coefficient (Wildman–Crippen LogP) is 5.79. The molecule has 0 amide bonds. The van der Waals surface area contributed by atoms with Crippen LogP contribution in [-0.4, -0.2) is 24.5 Å². The molecule has 1 aromatic rings. The first-order valence-electron chi connectivity index (χ1n) is 12.7. The molecule has 3 aliphatic rings. The van der Waals surface area contributed by atoms with Crippen LogP contribution >= 0.6 is 0 Å². The van der Waals surface area contributed by atoms with Gasteiger partial charge in [0.05, 0.1) is 6.61 Å². The zero-order valence-corrected chi connectivity index (χ0v) is 21.2. The number of allylic oxidation sites excluding steroid dienone is 3. The van der Waals surface area contributed by atoms with Crippen LogP contribution in [0.1, 0.15) is 83.3 Å². The second-order valence-electron chi connectivity index (χ2n) is 10.4. The van der Waals surface area contributed by atoms with Gasteiger partial charge in [0.2, 0.25) is 0 Å². The largest absolute Gasteiger partial charge is 0.466 e. The molecule has 0 N–H and O–H groups in total. The van der Waals surface area contributed by atoms with Crippen molar-refractivity contribution in [3.8, 4) is 5.75 Å². The Morgan fingerprint density at radius 2 is 1.74 bits per heavy atom. The molecule has 1 saturated carbocycles. The molecule has 0 radical (unpaired) electrons. The van der Waals surface area contributed by atoms with Gasteiger partial charge in [0.25, 0.3) is 0 Å². The van der Waals surface area contributed by atoms with Crippen molar-refractivity contribution < 1.29 is 28.6 Å². The van der Waals surface area contributed by atoms with Gasteiger partial charge in [0.15, 0.2) is 0 Å². The lowest BCUT2D eigenvalue weighted by Crippen LogP contribution is -2.41. The molecule has 188 valence electrons. The number of rotatable bonds is 8. The summed E-state index contributed by atoms with van der Waals surface area (Å²) in [6.45, 7) is 7.02. The van der Waals surface area contributed by atoms with Gasteiger partial charge in [0, 0.05) is 26.2 Å². The number of carbonyl (C=O) groups is 3. The van der Waals surface area contributed by atoms with Gasteiger partial charge in [0.1, 0.15) is 11.5 Å². The van der Waals surface area contributed by atoms with Crippen LogP contribution in [0.15, 0.2) is 41.7 Å². The predicted molar refractivity (Wildman–Crippen MR) is 132 cm³/mol. The van der Waals surface area contributed by atoms with Crippen LogP contribution < -0.4 is 4.74 Å². The van der Waals surface area contributed by atoms with Crippen molar-refractivity contribution >= 4 is 17.9 Å². The SMILES string of the molecule is CC(=O)OCCCCC[C@@H]1Cc2cc(OC(C)=O)ccc2[C@H]2CC[C@]3(C)C(OC(C)=O)=CC=C3[C@H]12. The Bertz CT molecular complexity index is 1070. The van der Waals surface area contributed by atoms with Crippen molar-refractivity contribution in [2.24, 2.45) is 17.3 Å². The fourth-order valence-electron chi connectivity index (χ4n) is 6.44. The van der Waals surface area contributed by atoms with E-state index >= 15 is 0 Å². The summed E-state index contributed by atoms with van der Waals surface area (Å²) in [4.78, 5) is 34.3. The van der Waals surface area contributed by atoms with E-state index in [1.165, 1.54) is 37.5 Å². The third-order valence-electron chi connectivity index (χ3n) is 7.89. The average Bonchev–Trinajstić information content (AvgIpc) is 3.10. The number of ether oxygens (including phenoxy) is 3. The van der Waals surface area contributed by atoms with Gasteiger partial charge in [-0.25, -0.2) is 0 Å². The second kappa shape index (κ2) is 10.4. The van der Waals surface area contributed by atoms with Gasteiger partial charge in [-0.05, 0) is 86.1 Å². The van der Waals surface area contributed by atoms with Crippen molar-refractivity contribution in [1.29, 1.82) is 0 Å². The van der Waals surface area contributed by atoms with Crippen LogP contribution in [-0.2, 0) is 30.3 Å². The summed E-state index contributed by atoms with van der Waals surface area (Å²) in [5.74, 6) is 1.76. The fourth-order valence-corrected chi connectivity index (χ4v) is 6.44. The van der Waals surface area contributed by atoms with Crippen LogP contribution in [0.4, 0.5) is 0 Å². The Morgan fingerprint density at radius 3 is 2.46 bits per heavy atom. The van der Waals surface area contributed by atoms with Gasteiger partial charge in [-0.2, -0.15) is 0 Å². The molecule has 0 aliphatic heterocycles. The number of esters is 3. The van der Waals surface area contributed by atoms with E-state index in [-0.39, 0.29) is 23.3 Å². The van der Waals surface area contributed by atoms with Crippen molar-refractivity contribution in [2.75, 3.05) is 6.61 Å². The number of hydrogen-bond donors (Lipinski definition) is 0. The quantitative estimate of drug-likeness (QED) is 0.266. The lowest BCUT2D eigenvalue weighted by atomic mass is 9.54. The first kappa shape index (κ1) is 25.2. The van der Waals surface area contributed by atoms with E-state index < -0.39 is 0 Å². The summed E-state index contributed by atoms with van der Waals surface area (Å²) in [6.07, 6.45) is 11.1. The molecule has 0 unspecified atom stereocenters. The lowest BCUT2D eigenvalue weighted by molar-refractivity contribution is -0.141. The van der Waals surface area contributed by atoms with Crippen LogP contribution in [0.5, 0.6) is 5.75 Å².